The van der Waals surface area contributed by atoms with Gasteiger partial charge >= 0.3 is 0 Å². The molecule has 17 heavy (non-hydrogen) atoms. The number of hydrogen-bond acceptors (Lipinski definition) is 4. The summed E-state index contributed by atoms with van der Waals surface area (Å²) in [6.45, 7) is 0. The van der Waals surface area contributed by atoms with E-state index in [-0.39, 0.29) is 5.91 Å². The van der Waals surface area contributed by atoms with E-state index in [1.54, 1.807) is 10.9 Å². The Morgan fingerprint density at radius 2 is 2.00 bits per heavy atom. The summed E-state index contributed by atoms with van der Waals surface area (Å²) in [6, 6.07) is 7.66. The molecule has 5 heteroatoms. The lowest BCUT2D eigenvalue weighted by Gasteiger charge is -2.12. The summed E-state index contributed by atoms with van der Waals surface area (Å²) in [7, 11) is 3.95. The third-order valence-corrected chi connectivity index (χ3v) is 2.89. The highest BCUT2D eigenvalue weighted by Crippen LogP contribution is 2.16. The number of anilines is 2. The molecule has 0 atom stereocenters. The van der Waals surface area contributed by atoms with Crippen LogP contribution in [0.15, 0.2) is 35.2 Å². The van der Waals surface area contributed by atoms with Gasteiger partial charge in [-0.15, -0.1) is 11.3 Å². The van der Waals surface area contributed by atoms with Crippen molar-refractivity contribution in [3.05, 3.63) is 40.8 Å². The standard InChI is InChI=1S/C12H13N3OS/c1-15(2)10-5-3-9(4-6-10)14-12(16)11-7-17-8-13-11/h3-8H,1-2H3,(H,14,16). The minimum atomic E-state index is -0.177. The van der Waals surface area contributed by atoms with Crippen LogP contribution in [0.25, 0.3) is 0 Å². The second-order valence-electron chi connectivity index (χ2n) is 3.77. The van der Waals surface area contributed by atoms with Crippen molar-refractivity contribution in [3.8, 4) is 0 Å². The average Bonchev–Trinajstić information content (AvgIpc) is 2.83. The molecule has 4 nitrogen and oxygen atoms in total. The Bertz CT molecular complexity index is 491. The van der Waals surface area contributed by atoms with Crippen LogP contribution >= 0.6 is 11.3 Å². The molecule has 1 amide bonds. The lowest BCUT2D eigenvalue weighted by Crippen LogP contribution is -2.12. The van der Waals surface area contributed by atoms with Gasteiger partial charge in [0.05, 0.1) is 5.51 Å². The molecule has 0 fully saturated rings. The molecule has 0 saturated carbocycles. The average molecular weight is 247 g/mol. The fourth-order valence-electron chi connectivity index (χ4n) is 1.36. The summed E-state index contributed by atoms with van der Waals surface area (Å²) < 4.78 is 0. The van der Waals surface area contributed by atoms with E-state index < -0.39 is 0 Å². The molecule has 1 aromatic carbocycles. The van der Waals surface area contributed by atoms with Crippen molar-refractivity contribution in [3.63, 3.8) is 0 Å². The van der Waals surface area contributed by atoms with Crippen molar-refractivity contribution in [1.82, 2.24) is 4.98 Å². The predicted molar refractivity (Wildman–Crippen MR) is 70.8 cm³/mol. The number of rotatable bonds is 3. The first-order chi connectivity index (χ1) is 8.16. The van der Waals surface area contributed by atoms with Crippen LogP contribution in [0.3, 0.4) is 0 Å². The van der Waals surface area contributed by atoms with E-state index in [1.807, 2.05) is 43.3 Å². The van der Waals surface area contributed by atoms with Crippen molar-refractivity contribution in [2.45, 2.75) is 0 Å². The first kappa shape index (κ1) is 11.6. The summed E-state index contributed by atoms with van der Waals surface area (Å²) in [6.07, 6.45) is 0. The van der Waals surface area contributed by atoms with E-state index in [2.05, 4.69) is 10.3 Å². The van der Waals surface area contributed by atoms with Gasteiger partial charge in [-0.3, -0.25) is 4.79 Å². The first-order valence-electron chi connectivity index (χ1n) is 5.14. The monoisotopic (exact) mass is 247 g/mol. The Labute approximate surface area is 104 Å². The highest BCUT2D eigenvalue weighted by Gasteiger charge is 2.07. The van der Waals surface area contributed by atoms with Crippen molar-refractivity contribution < 1.29 is 4.79 Å². The molecule has 2 rings (SSSR count). The molecule has 0 spiro atoms. The highest BCUT2D eigenvalue weighted by molar-refractivity contribution is 7.07. The minimum Gasteiger partial charge on any atom is -0.378 e. The topological polar surface area (TPSA) is 45.2 Å². The molecule has 1 heterocycles. The van der Waals surface area contributed by atoms with E-state index in [0.29, 0.717) is 5.69 Å². The van der Waals surface area contributed by atoms with Crippen molar-refractivity contribution >= 4 is 28.6 Å². The van der Waals surface area contributed by atoms with Crippen LogP contribution in [-0.2, 0) is 0 Å². The number of benzene rings is 1. The van der Waals surface area contributed by atoms with Crippen LogP contribution in [0.2, 0.25) is 0 Å². The lowest BCUT2D eigenvalue weighted by atomic mass is 10.2. The zero-order valence-corrected chi connectivity index (χ0v) is 10.5. The molecule has 0 aliphatic heterocycles. The van der Waals surface area contributed by atoms with Crippen molar-refractivity contribution in [2.24, 2.45) is 0 Å². The molecule has 0 aliphatic carbocycles. The number of thiazole rings is 1. The van der Waals surface area contributed by atoms with E-state index in [4.69, 9.17) is 0 Å². The van der Waals surface area contributed by atoms with Gasteiger partial charge in [0.2, 0.25) is 0 Å². The number of nitrogens with one attached hydrogen (secondary N) is 1. The normalized spacial score (nSPS) is 10.0. The largest absolute Gasteiger partial charge is 0.378 e. The van der Waals surface area contributed by atoms with Gasteiger partial charge in [-0.25, -0.2) is 4.98 Å². The summed E-state index contributed by atoms with van der Waals surface area (Å²) in [4.78, 5) is 17.7. The zero-order chi connectivity index (χ0) is 12.3. The first-order valence-corrected chi connectivity index (χ1v) is 6.08. The second kappa shape index (κ2) is 4.97. The second-order valence-corrected chi connectivity index (χ2v) is 4.49. The molecule has 0 aliphatic rings. The molecular weight excluding hydrogens is 234 g/mol. The van der Waals surface area contributed by atoms with Gasteiger partial charge < -0.3 is 10.2 Å². The van der Waals surface area contributed by atoms with Gasteiger partial charge in [0.15, 0.2) is 0 Å². The summed E-state index contributed by atoms with van der Waals surface area (Å²) >= 11 is 1.41. The Kier molecular flexibility index (Phi) is 3.39. The number of amides is 1. The maximum absolute atomic E-state index is 11.7. The maximum atomic E-state index is 11.7. The van der Waals surface area contributed by atoms with Crippen molar-refractivity contribution in [1.29, 1.82) is 0 Å². The van der Waals surface area contributed by atoms with Gasteiger partial charge in [-0.05, 0) is 24.3 Å². The van der Waals surface area contributed by atoms with Crippen LogP contribution in [0.1, 0.15) is 10.5 Å². The van der Waals surface area contributed by atoms with Crippen LogP contribution in [0, 0.1) is 0 Å². The van der Waals surface area contributed by atoms with Gasteiger partial charge in [-0.2, -0.15) is 0 Å². The molecule has 0 bridgehead atoms. The molecule has 0 radical (unpaired) electrons. The Morgan fingerprint density at radius 1 is 1.29 bits per heavy atom. The summed E-state index contributed by atoms with van der Waals surface area (Å²) in [5, 5.41) is 4.52. The number of hydrogen-bond donors (Lipinski definition) is 1. The number of aromatic nitrogens is 1. The predicted octanol–water partition coefficient (Wildman–Crippen LogP) is 2.46. The number of carbonyl (C=O) groups is 1. The summed E-state index contributed by atoms with van der Waals surface area (Å²) in [5.74, 6) is -0.177. The lowest BCUT2D eigenvalue weighted by molar-refractivity contribution is 0.102. The fraction of sp³-hybridized carbons (Fsp3) is 0.167. The highest BCUT2D eigenvalue weighted by atomic mass is 32.1. The quantitative estimate of drug-likeness (QED) is 0.906. The third-order valence-electron chi connectivity index (χ3n) is 2.31. The zero-order valence-electron chi connectivity index (χ0n) is 9.68. The fourth-order valence-corrected chi connectivity index (χ4v) is 1.89. The Morgan fingerprint density at radius 3 is 2.53 bits per heavy atom. The Balaban J connectivity index is 2.07. The van der Waals surface area contributed by atoms with Crippen LogP contribution in [-0.4, -0.2) is 25.0 Å². The molecule has 2 aromatic rings. The molecular formula is C12H13N3OS. The maximum Gasteiger partial charge on any atom is 0.275 e. The van der Waals surface area contributed by atoms with E-state index in [0.717, 1.165) is 11.4 Å². The van der Waals surface area contributed by atoms with Crippen LogP contribution < -0.4 is 10.2 Å². The molecule has 0 saturated heterocycles. The smallest absolute Gasteiger partial charge is 0.275 e. The molecule has 88 valence electrons. The SMILES string of the molecule is CN(C)c1ccc(NC(=O)c2cscn2)cc1. The van der Waals surface area contributed by atoms with Crippen molar-refractivity contribution in [2.75, 3.05) is 24.3 Å². The minimum absolute atomic E-state index is 0.177. The van der Waals surface area contributed by atoms with E-state index in [9.17, 15) is 4.79 Å². The third kappa shape index (κ3) is 2.82. The van der Waals surface area contributed by atoms with Crippen LogP contribution in [0.5, 0.6) is 0 Å². The van der Waals surface area contributed by atoms with Gasteiger partial charge in [-0.1, -0.05) is 0 Å². The van der Waals surface area contributed by atoms with Crippen LogP contribution in [0.4, 0.5) is 11.4 Å². The number of nitrogens with zero attached hydrogens (tertiary/aromatic N) is 2. The van der Waals surface area contributed by atoms with Gasteiger partial charge in [0, 0.05) is 30.9 Å². The molecule has 1 N–H and O–H groups in total. The molecule has 1 aromatic heterocycles. The molecule has 0 unspecified atom stereocenters. The van der Waals surface area contributed by atoms with E-state index in [1.165, 1.54) is 11.3 Å². The van der Waals surface area contributed by atoms with Gasteiger partial charge in [0.1, 0.15) is 5.69 Å². The Hall–Kier alpha value is -1.88. The summed E-state index contributed by atoms with van der Waals surface area (Å²) in [5.41, 5.74) is 3.96. The number of carbonyl (C=O) groups excluding carboxylic acids is 1. The van der Waals surface area contributed by atoms with Gasteiger partial charge in [0.25, 0.3) is 5.91 Å². The van der Waals surface area contributed by atoms with E-state index >= 15 is 0 Å².